The molecule has 0 saturated heterocycles. The number of fused-ring (bicyclic) bond motifs is 1. The van der Waals surface area contributed by atoms with E-state index < -0.39 is 11.6 Å². The lowest BCUT2D eigenvalue weighted by Crippen LogP contribution is -2.18. The zero-order valence-electron chi connectivity index (χ0n) is 14.9. The maximum atomic E-state index is 14.1. The highest BCUT2D eigenvalue weighted by Crippen LogP contribution is 2.34. The normalized spacial score (nSPS) is 17.2. The molecule has 1 aromatic heterocycles. The molecule has 0 radical (unpaired) electrons. The second-order valence-corrected chi connectivity index (χ2v) is 6.73. The molecule has 138 valence electrons. The summed E-state index contributed by atoms with van der Waals surface area (Å²) in [5.41, 5.74) is 3.89. The fourth-order valence-electron chi connectivity index (χ4n) is 3.38. The Kier molecular flexibility index (Phi) is 4.81. The average molecular weight is 367 g/mol. The number of ether oxygens (including phenoxy) is 1. The number of halogens is 2. The first-order chi connectivity index (χ1) is 13.1. The Hall–Kier alpha value is -2.86. The van der Waals surface area contributed by atoms with Gasteiger partial charge in [0.15, 0.2) is 11.6 Å². The summed E-state index contributed by atoms with van der Waals surface area (Å²) in [5.74, 6) is -1.24. The van der Waals surface area contributed by atoms with Gasteiger partial charge < -0.3 is 9.64 Å². The molecule has 1 aliphatic rings. The molecule has 1 atom stereocenters. The van der Waals surface area contributed by atoms with Crippen molar-refractivity contribution in [1.29, 1.82) is 0 Å². The van der Waals surface area contributed by atoms with Crippen LogP contribution in [0.2, 0.25) is 0 Å². The quantitative estimate of drug-likeness (QED) is 0.689. The highest BCUT2D eigenvalue weighted by atomic mass is 19.1. The molecule has 0 N–H and O–H groups in total. The van der Waals surface area contributed by atoms with Gasteiger partial charge in [0.05, 0.1) is 5.69 Å². The van der Waals surface area contributed by atoms with Crippen molar-refractivity contribution in [2.75, 3.05) is 13.6 Å². The van der Waals surface area contributed by atoms with Crippen molar-refractivity contribution < 1.29 is 13.5 Å². The summed E-state index contributed by atoms with van der Waals surface area (Å²) in [5, 5.41) is 8.10. The van der Waals surface area contributed by atoms with Gasteiger partial charge in [-0.15, -0.1) is 0 Å². The Morgan fingerprint density at radius 3 is 2.78 bits per heavy atom. The minimum absolute atomic E-state index is 0.0647. The summed E-state index contributed by atoms with van der Waals surface area (Å²) in [6.45, 7) is 1.57. The second-order valence-electron chi connectivity index (χ2n) is 6.73. The maximum Gasteiger partial charge on any atom is 0.168 e. The molecule has 2 aromatic carbocycles. The monoisotopic (exact) mass is 367 g/mol. The van der Waals surface area contributed by atoms with Crippen LogP contribution < -0.4 is 4.74 Å². The highest BCUT2D eigenvalue weighted by Gasteiger charge is 2.24. The van der Waals surface area contributed by atoms with Gasteiger partial charge in [0.25, 0.3) is 0 Å². The Labute approximate surface area is 156 Å². The van der Waals surface area contributed by atoms with E-state index in [2.05, 4.69) is 21.2 Å². The summed E-state index contributed by atoms with van der Waals surface area (Å²) in [7, 11) is 2.04. The van der Waals surface area contributed by atoms with Crippen LogP contribution in [0, 0.1) is 11.6 Å². The zero-order chi connectivity index (χ0) is 18.8. The highest BCUT2D eigenvalue weighted by molar-refractivity contribution is 5.60. The molecule has 0 fully saturated rings. The van der Waals surface area contributed by atoms with Gasteiger partial charge in [-0.2, -0.15) is 10.2 Å². The lowest BCUT2D eigenvalue weighted by molar-refractivity contribution is 0.175. The summed E-state index contributed by atoms with van der Waals surface area (Å²) < 4.78 is 33.2. The predicted octanol–water partition coefficient (Wildman–Crippen LogP) is 4.38. The van der Waals surface area contributed by atoms with E-state index in [1.165, 1.54) is 12.1 Å². The maximum absolute atomic E-state index is 14.1. The van der Waals surface area contributed by atoms with Gasteiger partial charge in [-0.1, -0.05) is 12.1 Å². The molecule has 1 unspecified atom stereocenters. The summed E-state index contributed by atoms with van der Waals surface area (Å²) in [6, 6.07) is 13.2. The van der Waals surface area contributed by atoms with Gasteiger partial charge in [-0.05, 0) is 48.5 Å². The van der Waals surface area contributed by atoms with Crippen molar-refractivity contribution in [3.63, 3.8) is 0 Å². The number of hydrogen-bond acceptors (Lipinski definition) is 4. The average Bonchev–Trinajstić information content (AvgIpc) is 2.82. The molecule has 6 heteroatoms. The number of nitrogens with zero attached hydrogens (tertiary/aromatic N) is 3. The molecule has 3 aromatic rings. The van der Waals surface area contributed by atoms with E-state index in [-0.39, 0.29) is 11.9 Å². The first-order valence-electron chi connectivity index (χ1n) is 8.81. The molecule has 0 bridgehead atoms. The molecule has 4 rings (SSSR count). The van der Waals surface area contributed by atoms with Crippen LogP contribution in [0.3, 0.4) is 0 Å². The van der Waals surface area contributed by atoms with Crippen molar-refractivity contribution in [1.82, 2.24) is 15.1 Å². The first-order valence-corrected chi connectivity index (χ1v) is 8.81. The van der Waals surface area contributed by atoms with E-state index in [9.17, 15) is 8.78 Å². The predicted molar refractivity (Wildman–Crippen MR) is 98.1 cm³/mol. The van der Waals surface area contributed by atoms with Crippen molar-refractivity contribution >= 4 is 0 Å². The fraction of sp³-hybridized carbons (Fsp3) is 0.238. The van der Waals surface area contributed by atoms with Crippen LogP contribution in [0.1, 0.15) is 23.7 Å². The minimum Gasteiger partial charge on any atom is -0.483 e. The van der Waals surface area contributed by atoms with Gasteiger partial charge in [0.2, 0.25) is 0 Å². The van der Waals surface area contributed by atoms with Gasteiger partial charge in [0, 0.05) is 37.3 Å². The largest absolute Gasteiger partial charge is 0.483 e. The van der Waals surface area contributed by atoms with E-state index in [0.29, 0.717) is 6.42 Å². The molecule has 4 nitrogen and oxygen atoms in total. The topological polar surface area (TPSA) is 38.2 Å². The molecular formula is C21H19F2N3O. The molecule has 1 aliphatic heterocycles. The standard InChI is InChI=1S/C21H19F2N3O/c1-26-10-8-20(27-21-7-5-16(22)12-18(21)23)17-6-4-14(11-15(17)13-26)19-3-2-9-24-25-19/h2-7,9,11-12,20H,8,10,13H2,1H3. The molecule has 27 heavy (non-hydrogen) atoms. The summed E-state index contributed by atoms with van der Waals surface area (Å²) >= 11 is 0. The van der Waals surface area contributed by atoms with E-state index >= 15 is 0 Å². The van der Waals surface area contributed by atoms with Gasteiger partial charge in [0.1, 0.15) is 11.9 Å². The van der Waals surface area contributed by atoms with Crippen LogP contribution in [0.4, 0.5) is 8.78 Å². The summed E-state index contributed by atoms with van der Waals surface area (Å²) in [6.07, 6.45) is 2.05. The third kappa shape index (κ3) is 3.80. The van der Waals surface area contributed by atoms with E-state index in [0.717, 1.165) is 41.5 Å². The molecular weight excluding hydrogens is 348 g/mol. The second kappa shape index (κ2) is 7.40. The summed E-state index contributed by atoms with van der Waals surface area (Å²) in [4.78, 5) is 2.20. The number of rotatable bonds is 3. The lowest BCUT2D eigenvalue weighted by atomic mass is 9.97. The molecule has 0 amide bonds. The molecule has 2 heterocycles. The number of benzene rings is 2. The smallest absolute Gasteiger partial charge is 0.168 e. The molecule has 0 spiro atoms. The minimum atomic E-state index is -0.690. The lowest BCUT2D eigenvalue weighted by Gasteiger charge is -2.20. The van der Waals surface area contributed by atoms with Crippen molar-refractivity contribution in [2.45, 2.75) is 19.1 Å². The Morgan fingerprint density at radius 2 is 2.00 bits per heavy atom. The third-order valence-electron chi connectivity index (χ3n) is 4.73. The van der Waals surface area contributed by atoms with Crippen molar-refractivity contribution in [3.05, 3.63) is 77.5 Å². The zero-order valence-corrected chi connectivity index (χ0v) is 14.9. The van der Waals surface area contributed by atoms with Crippen molar-refractivity contribution in [2.24, 2.45) is 0 Å². The molecule has 0 saturated carbocycles. The first kappa shape index (κ1) is 17.5. The van der Waals surface area contributed by atoms with Crippen LogP contribution in [0.15, 0.2) is 54.7 Å². The van der Waals surface area contributed by atoms with Crippen molar-refractivity contribution in [3.8, 4) is 17.0 Å². The van der Waals surface area contributed by atoms with Gasteiger partial charge in [-0.25, -0.2) is 8.78 Å². The fourth-order valence-corrected chi connectivity index (χ4v) is 3.38. The van der Waals surface area contributed by atoms with Crippen LogP contribution in [-0.4, -0.2) is 28.7 Å². The van der Waals surface area contributed by atoms with E-state index in [4.69, 9.17) is 4.74 Å². The Morgan fingerprint density at radius 1 is 1.11 bits per heavy atom. The van der Waals surface area contributed by atoms with Gasteiger partial charge in [-0.3, -0.25) is 0 Å². The van der Waals surface area contributed by atoms with Crippen LogP contribution in [0.5, 0.6) is 5.75 Å². The van der Waals surface area contributed by atoms with E-state index in [1.807, 2.05) is 31.3 Å². The SMILES string of the molecule is CN1CCC(Oc2ccc(F)cc2F)c2ccc(-c3cccnn3)cc2C1. The van der Waals surface area contributed by atoms with Gasteiger partial charge >= 0.3 is 0 Å². The van der Waals surface area contributed by atoms with Crippen LogP contribution in [0.25, 0.3) is 11.3 Å². The Balaban J connectivity index is 1.69. The third-order valence-corrected chi connectivity index (χ3v) is 4.73. The van der Waals surface area contributed by atoms with Crippen LogP contribution in [-0.2, 0) is 6.54 Å². The molecule has 0 aliphatic carbocycles. The number of aromatic nitrogens is 2. The Bertz CT molecular complexity index is 949. The number of hydrogen-bond donors (Lipinski definition) is 0. The van der Waals surface area contributed by atoms with Crippen LogP contribution >= 0.6 is 0 Å². The van der Waals surface area contributed by atoms with E-state index in [1.54, 1.807) is 6.20 Å².